The molecule has 2 rings (SSSR count). The lowest BCUT2D eigenvalue weighted by Crippen LogP contribution is -2.32. The van der Waals surface area contributed by atoms with Gasteiger partial charge in [0.25, 0.3) is 0 Å². The van der Waals surface area contributed by atoms with Gasteiger partial charge in [-0.25, -0.2) is 9.97 Å². The minimum absolute atomic E-state index is 0.0394. The highest BCUT2D eigenvalue weighted by Crippen LogP contribution is 2.26. The van der Waals surface area contributed by atoms with Crippen LogP contribution in [-0.4, -0.2) is 27.2 Å². The van der Waals surface area contributed by atoms with Crippen molar-refractivity contribution in [3.63, 3.8) is 0 Å². The Morgan fingerprint density at radius 2 is 2.25 bits per heavy atom. The molecule has 1 amide bonds. The zero-order valence-corrected chi connectivity index (χ0v) is 9.83. The molecular weight excluding hydrogens is 224 g/mol. The molecule has 0 saturated heterocycles. The summed E-state index contributed by atoms with van der Waals surface area (Å²) in [4.78, 5) is 19.7. The number of nitrogens with one attached hydrogen (secondary N) is 1. The Morgan fingerprint density at radius 3 is 2.88 bits per heavy atom. The van der Waals surface area contributed by atoms with Crippen LogP contribution in [0.25, 0.3) is 0 Å². The first-order valence-electron chi connectivity index (χ1n) is 5.20. The van der Waals surface area contributed by atoms with Crippen LogP contribution in [0.5, 0.6) is 0 Å². The summed E-state index contributed by atoms with van der Waals surface area (Å²) >= 11 is 1.34. The lowest BCUT2D eigenvalue weighted by atomic mass is 10.4. The second kappa shape index (κ2) is 4.69. The molecule has 1 atom stereocenters. The van der Waals surface area contributed by atoms with Crippen molar-refractivity contribution in [1.82, 2.24) is 15.3 Å². The third kappa shape index (κ3) is 2.85. The van der Waals surface area contributed by atoms with E-state index in [0.29, 0.717) is 16.9 Å². The van der Waals surface area contributed by atoms with Crippen molar-refractivity contribution in [2.24, 2.45) is 0 Å². The van der Waals surface area contributed by atoms with E-state index in [-0.39, 0.29) is 11.2 Å². The topological polar surface area (TPSA) is 80.9 Å². The predicted molar refractivity (Wildman–Crippen MR) is 62.9 cm³/mol. The molecule has 1 unspecified atom stereocenters. The number of nitrogens with two attached hydrogens (primary N) is 1. The molecule has 0 aromatic carbocycles. The number of hydrogen-bond donors (Lipinski definition) is 2. The number of rotatable bonds is 4. The van der Waals surface area contributed by atoms with Gasteiger partial charge in [-0.05, 0) is 19.8 Å². The van der Waals surface area contributed by atoms with E-state index in [0.717, 1.165) is 12.8 Å². The molecule has 1 aromatic rings. The Kier molecular flexibility index (Phi) is 3.28. The molecule has 0 aliphatic heterocycles. The summed E-state index contributed by atoms with van der Waals surface area (Å²) in [5, 5.41) is 3.36. The van der Waals surface area contributed by atoms with Gasteiger partial charge in [0.1, 0.15) is 5.03 Å². The van der Waals surface area contributed by atoms with Crippen molar-refractivity contribution >= 4 is 23.5 Å². The normalized spacial score (nSPS) is 16.8. The van der Waals surface area contributed by atoms with Crippen molar-refractivity contribution in [2.75, 3.05) is 5.73 Å². The monoisotopic (exact) mass is 238 g/mol. The van der Waals surface area contributed by atoms with Gasteiger partial charge in [0.15, 0.2) is 5.82 Å². The highest BCUT2D eigenvalue weighted by Gasteiger charge is 2.26. The van der Waals surface area contributed by atoms with E-state index in [1.807, 2.05) is 6.92 Å². The molecule has 0 spiro atoms. The average Bonchev–Trinajstić information content (AvgIpc) is 3.05. The van der Waals surface area contributed by atoms with Crippen molar-refractivity contribution in [2.45, 2.75) is 36.1 Å². The first kappa shape index (κ1) is 11.2. The highest BCUT2D eigenvalue weighted by molar-refractivity contribution is 8.00. The van der Waals surface area contributed by atoms with Crippen LogP contribution in [0.15, 0.2) is 17.4 Å². The number of carbonyl (C=O) groups is 1. The highest BCUT2D eigenvalue weighted by atomic mass is 32.2. The first-order chi connectivity index (χ1) is 7.66. The number of anilines is 1. The second-order valence-corrected chi connectivity index (χ2v) is 5.12. The first-order valence-corrected chi connectivity index (χ1v) is 6.08. The van der Waals surface area contributed by atoms with Gasteiger partial charge in [-0.3, -0.25) is 4.79 Å². The van der Waals surface area contributed by atoms with E-state index in [1.165, 1.54) is 18.0 Å². The molecule has 86 valence electrons. The van der Waals surface area contributed by atoms with Crippen molar-refractivity contribution in [3.05, 3.63) is 12.4 Å². The number of nitrogen functional groups attached to an aromatic ring is 1. The Hall–Kier alpha value is -1.30. The van der Waals surface area contributed by atoms with E-state index in [2.05, 4.69) is 15.3 Å². The summed E-state index contributed by atoms with van der Waals surface area (Å²) in [6, 6.07) is 0.384. The van der Waals surface area contributed by atoms with Crippen LogP contribution >= 0.6 is 11.8 Å². The lowest BCUT2D eigenvalue weighted by Gasteiger charge is -2.11. The Morgan fingerprint density at radius 1 is 1.56 bits per heavy atom. The Bertz CT molecular complexity index is 394. The standard InChI is InChI=1S/C10H14N4OS/c1-6(9(15)14-7-2-3-7)16-10-8(11)12-4-5-13-10/h4-7H,2-3H2,1H3,(H2,11,12)(H,14,15). The van der Waals surface area contributed by atoms with Gasteiger partial charge in [-0.2, -0.15) is 0 Å². The van der Waals surface area contributed by atoms with Crippen molar-refractivity contribution in [3.8, 4) is 0 Å². The molecule has 3 N–H and O–H groups in total. The van der Waals surface area contributed by atoms with Gasteiger partial charge in [0.05, 0.1) is 5.25 Å². The van der Waals surface area contributed by atoms with Gasteiger partial charge in [-0.15, -0.1) is 0 Å². The molecule has 16 heavy (non-hydrogen) atoms. The van der Waals surface area contributed by atoms with E-state index in [4.69, 9.17) is 5.73 Å². The molecule has 1 aliphatic rings. The Labute approximate surface area is 98.2 Å². The number of carbonyl (C=O) groups excluding carboxylic acids is 1. The van der Waals surface area contributed by atoms with Crippen molar-refractivity contribution in [1.29, 1.82) is 0 Å². The second-order valence-electron chi connectivity index (χ2n) is 3.79. The molecule has 0 bridgehead atoms. The molecule has 1 fully saturated rings. The third-order valence-electron chi connectivity index (χ3n) is 2.27. The number of amides is 1. The van der Waals surface area contributed by atoms with Crippen LogP contribution in [0.2, 0.25) is 0 Å². The fourth-order valence-electron chi connectivity index (χ4n) is 1.19. The van der Waals surface area contributed by atoms with E-state index in [1.54, 1.807) is 6.20 Å². The van der Waals surface area contributed by atoms with Crippen LogP contribution in [0, 0.1) is 0 Å². The third-order valence-corrected chi connectivity index (χ3v) is 3.38. The van der Waals surface area contributed by atoms with Gasteiger partial charge in [0.2, 0.25) is 5.91 Å². The summed E-state index contributed by atoms with van der Waals surface area (Å²) < 4.78 is 0. The van der Waals surface area contributed by atoms with Gasteiger partial charge in [-0.1, -0.05) is 11.8 Å². The van der Waals surface area contributed by atoms with Crippen LogP contribution in [0.1, 0.15) is 19.8 Å². The van der Waals surface area contributed by atoms with Gasteiger partial charge >= 0.3 is 0 Å². The summed E-state index contributed by atoms with van der Waals surface area (Å²) in [6.07, 6.45) is 5.30. The number of hydrogen-bond acceptors (Lipinski definition) is 5. The molecule has 1 aromatic heterocycles. The van der Waals surface area contributed by atoms with Crippen LogP contribution in [0.3, 0.4) is 0 Å². The van der Waals surface area contributed by atoms with Gasteiger partial charge in [0, 0.05) is 18.4 Å². The molecular formula is C10H14N4OS. The quantitative estimate of drug-likeness (QED) is 0.759. The Balaban J connectivity index is 1.92. The van der Waals surface area contributed by atoms with Crippen LogP contribution in [-0.2, 0) is 4.79 Å². The predicted octanol–water partition coefficient (Wildman–Crippen LogP) is 0.818. The number of aromatic nitrogens is 2. The zero-order chi connectivity index (χ0) is 11.5. The van der Waals surface area contributed by atoms with E-state index >= 15 is 0 Å². The average molecular weight is 238 g/mol. The maximum Gasteiger partial charge on any atom is 0.233 e. The maximum absolute atomic E-state index is 11.7. The molecule has 1 aliphatic carbocycles. The minimum Gasteiger partial charge on any atom is -0.381 e. The molecule has 1 saturated carbocycles. The van der Waals surface area contributed by atoms with E-state index < -0.39 is 0 Å². The van der Waals surface area contributed by atoms with E-state index in [9.17, 15) is 4.79 Å². The summed E-state index contributed by atoms with van der Waals surface area (Å²) in [6.45, 7) is 1.84. The molecule has 5 nitrogen and oxygen atoms in total. The number of nitrogens with zero attached hydrogens (tertiary/aromatic N) is 2. The summed E-state index contributed by atoms with van der Waals surface area (Å²) in [5.41, 5.74) is 5.66. The van der Waals surface area contributed by atoms with Crippen molar-refractivity contribution < 1.29 is 4.79 Å². The summed E-state index contributed by atoms with van der Waals surface area (Å²) in [7, 11) is 0. The largest absolute Gasteiger partial charge is 0.381 e. The van der Waals surface area contributed by atoms with Gasteiger partial charge < -0.3 is 11.1 Å². The fourth-order valence-corrected chi connectivity index (χ4v) is 2.00. The van der Waals surface area contributed by atoms with Crippen LogP contribution in [0.4, 0.5) is 5.82 Å². The maximum atomic E-state index is 11.7. The summed E-state index contributed by atoms with van der Waals surface area (Å²) in [5.74, 6) is 0.413. The number of thioether (sulfide) groups is 1. The molecule has 1 heterocycles. The smallest absolute Gasteiger partial charge is 0.233 e. The minimum atomic E-state index is -0.195. The SMILES string of the molecule is CC(Sc1nccnc1N)C(=O)NC1CC1. The molecule has 6 heteroatoms. The van der Waals surface area contributed by atoms with Crippen LogP contribution < -0.4 is 11.1 Å². The fraction of sp³-hybridized carbons (Fsp3) is 0.500. The zero-order valence-electron chi connectivity index (χ0n) is 9.01. The molecule has 0 radical (unpaired) electrons. The lowest BCUT2D eigenvalue weighted by molar-refractivity contribution is -0.120.